The predicted octanol–water partition coefficient (Wildman–Crippen LogP) is 6.41. The van der Waals surface area contributed by atoms with Crippen LogP contribution in [0.25, 0.3) is 0 Å². The lowest BCUT2D eigenvalue weighted by Gasteiger charge is -2.27. The Balaban J connectivity index is 2.18. The van der Waals surface area contributed by atoms with E-state index in [0.717, 1.165) is 10.5 Å². The number of carbonyl (C=O) groups is 2. The van der Waals surface area contributed by atoms with Crippen molar-refractivity contribution in [1.29, 1.82) is 0 Å². The number of rotatable bonds is 8. The third kappa shape index (κ3) is 7.93. The van der Waals surface area contributed by atoms with Crippen LogP contribution in [-0.4, -0.2) is 23.6 Å². The second-order valence-electron chi connectivity index (χ2n) is 8.83. The van der Waals surface area contributed by atoms with Crippen molar-refractivity contribution in [3.05, 3.63) is 65.2 Å². The summed E-state index contributed by atoms with van der Waals surface area (Å²) in [5.74, 6) is -2.38. The zero-order valence-electron chi connectivity index (χ0n) is 19.3. The molecule has 174 valence electrons. The van der Waals surface area contributed by atoms with Gasteiger partial charge >= 0.3 is 11.9 Å². The zero-order chi connectivity index (χ0) is 24.1. The average molecular weight is 465 g/mol. The largest absolute Gasteiger partial charge is 0.461 e. The molecular formula is C25H30F2O4S. The first kappa shape index (κ1) is 25.8. The summed E-state index contributed by atoms with van der Waals surface area (Å²) in [6.45, 7) is 10.4. The molecule has 0 aliphatic rings. The molecule has 0 amide bonds. The topological polar surface area (TPSA) is 52.6 Å². The fourth-order valence-corrected chi connectivity index (χ4v) is 4.33. The van der Waals surface area contributed by atoms with E-state index in [1.165, 1.54) is 36.0 Å². The summed E-state index contributed by atoms with van der Waals surface area (Å²) in [7, 11) is 0. The van der Waals surface area contributed by atoms with Crippen molar-refractivity contribution in [1.82, 2.24) is 0 Å². The molecule has 0 unspecified atom stereocenters. The molecule has 2 aromatic rings. The highest BCUT2D eigenvalue weighted by atomic mass is 32.2. The number of esters is 2. The molecule has 0 heterocycles. The molecule has 0 saturated carbocycles. The van der Waals surface area contributed by atoms with E-state index in [0.29, 0.717) is 5.56 Å². The molecule has 2 aromatic carbocycles. The fraction of sp³-hybridized carbons (Fsp3) is 0.440. The second kappa shape index (κ2) is 10.9. The van der Waals surface area contributed by atoms with Crippen molar-refractivity contribution in [2.45, 2.75) is 69.8 Å². The van der Waals surface area contributed by atoms with Crippen LogP contribution in [0.4, 0.5) is 8.78 Å². The van der Waals surface area contributed by atoms with Gasteiger partial charge in [0, 0.05) is 4.90 Å². The van der Waals surface area contributed by atoms with Crippen molar-refractivity contribution in [3.63, 3.8) is 0 Å². The normalized spacial score (nSPS) is 14.4. The first-order valence-electron chi connectivity index (χ1n) is 10.5. The van der Waals surface area contributed by atoms with Gasteiger partial charge in [-0.2, -0.15) is 0 Å². The van der Waals surface area contributed by atoms with Gasteiger partial charge in [-0.25, -0.2) is 8.78 Å². The van der Waals surface area contributed by atoms with Gasteiger partial charge in [0.2, 0.25) is 0 Å². The molecule has 0 N–H and O–H groups in total. The van der Waals surface area contributed by atoms with Gasteiger partial charge in [0.15, 0.2) is 0 Å². The van der Waals surface area contributed by atoms with E-state index >= 15 is 0 Å². The Kier molecular flexibility index (Phi) is 8.84. The summed E-state index contributed by atoms with van der Waals surface area (Å²) in [6, 6.07) is 10.5. The van der Waals surface area contributed by atoms with Gasteiger partial charge in [0.1, 0.15) is 23.3 Å². The fourth-order valence-electron chi connectivity index (χ4n) is 3.11. The smallest absolute Gasteiger partial charge is 0.309 e. The van der Waals surface area contributed by atoms with Crippen LogP contribution < -0.4 is 0 Å². The Labute approximate surface area is 192 Å². The highest BCUT2D eigenvalue weighted by Gasteiger charge is 2.29. The third-order valence-corrected chi connectivity index (χ3v) is 6.07. The number of carbonyl (C=O) groups excluding carboxylic acids is 2. The van der Waals surface area contributed by atoms with Crippen LogP contribution in [0, 0.1) is 24.5 Å². The quantitative estimate of drug-likeness (QED) is 0.334. The Hall–Kier alpha value is -2.41. The minimum atomic E-state index is -0.682. The first-order chi connectivity index (χ1) is 14.9. The zero-order valence-corrected chi connectivity index (χ0v) is 20.1. The third-order valence-electron chi connectivity index (χ3n) is 4.64. The Morgan fingerprint density at radius 3 is 2.16 bits per heavy atom. The summed E-state index contributed by atoms with van der Waals surface area (Å²) in [4.78, 5) is 25.5. The number of hydrogen-bond acceptors (Lipinski definition) is 5. The Bertz CT molecular complexity index is 938. The van der Waals surface area contributed by atoms with Crippen molar-refractivity contribution in [2.24, 2.45) is 5.92 Å². The monoisotopic (exact) mass is 464 g/mol. The van der Waals surface area contributed by atoms with Gasteiger partial charge in [0.25, 0.3) is 0 Å². The van der Waals surface area contributed by atoms with Gasteiger partial charge in [-0.05, 0) is 82.1 Å². The van der Waals surface area contributed by atoms with E-state index in [9.17, 15) is 18.4 Å². The molecule has 7 heteroatoms. The highest BCUT2D eigenvalue weighted by Crippen LogP contribution is 2.40. The van der Waals surface area contributed by atoms with Crippen molar-refractivity contribution < 1.29 is 27.8 Å². The number of ether oxygens (including phenoxy) is 2. The van der Waals surface area contributed by atoms with Crippen LogP contribution in [-0.2, 0) is 19.1 Å². The summed E-state index contributed by atoms with van der Waals surface area (Å²) in [5, 5.41) is -0.362. The molecule has 0 aliphatic carbocycles. The van der Waals surface area contributed by atoms with Gasteiger partial charge in [0.05, 0.1) is 17.6 Å². The van der Waals surface area contributed by atoms with Crippen LogP contribution >= 0.6 is 11.8 Å². The van der Waals surface area contributed by atoms with Crippen LogP contribution in [0.3, 0.4) is 0 Å². The lowest BCUT2D eigenvalue weighted by molar-refractivity contribution is -0.163. The van der Waals surface area contributed by atoms with Crippen LogP contribution in [0.1, 0.15) is 57.4 Å². The molecule has 4 nitrogen and oxygen atoms in total. The summed E-state index contributed by atoms with van der Waals surface area (Å²) >= 11 is 1.40. The Morgan fingerprint density at radius 2 is 1.59 bits per heavy atom. The molecule has 3 atom stereocenters. The summed E-state index contributed by atoms with van der Waals surface area (Å²) in [6.07, 6.45) is -0.684. The minimum absolute atomic E-state index is 0.0891. The number of aryl methyl sites for hydroxylation is 1. The first-order valence-corrected chi connectivity index (χ1v) is 11.3. The molecule has 0 aromatic heterocycles. The van der Waals surface area contributed by atoms with Gasteiger partial charge < -0.3 is 9.47 Å². The van der Waals surface area contributed by atoms with E-state index in [4.69, 9.17) is 9.47 Å². The molecule has 0 fully saturated rings. The average Bonchev–Trinajstić information content (AvgIpc) is 2.66. The van der Waals surface area contributed by atoms with Crippen LogP contribution in [0.15, 0.2) is 47.4 Å². The van der Waals surface area contributed by atoms with E-state index in [1.54, 1.807) is 59.7 Å². The van der Waals surface area contributed by atoms with E-state index < -0.39 is 29.6 Å². The lowest BCUT2D eigenvalue weighted by atomic mass is 10.0. The lowest BCUT2D eigenvalue weighted by Crippen LogP contribution is -2.29. The highest BCUT2D eigenvalue weighted by molar-refractivity contribution is 7.99. The SMILES string of the molecule is Cc1cc(F)ccc1[C@@H](Sc1ccc(F)cc1)[C@H](C)OC(=O)[C@H](C)CC(=O)OC(C)(C)C. The van der Waals surface area contributed by atoms with Crippen molar-refractivity contribution in [3.8, 4) is 0 Å². The van der Waals surface area contributed by atoms with E-state index in [-0.39, 0.29) is 23.3 Å². The van der Waals surface area contributed by atoms with Crippen LogP contribution in [0.5, 0.6) is 0 Å². The number of benzene rings is 2. The van der Waals surface area contributed by atoms with Crippen LogP contribution in [0.2, 0.25) is 0 Å². The van der Waals surface area contributed by atoms with Gasteiger partial charge in [-0.3, -0.25) is 9.59 Å². The molecule has 0 bridgehead atoms. The molecule has 0 aliphatic heterocycles. The van der Waals surface area contributed by atoms with Gasteiger partial charge in [-0.15, -0.1) is 11.8 Å². The number of hydrogen-bond donors (Lipinski definition) is 0. The molecule has 0 radical (unpaired) electrons. The Morgan fingerprint density at radius 1 is 1.00 bits per heavy atom. The molecule has 0 saturated heterocycles. The molecular weight excluding hydrogens is 434 g/mol. The molecule has 32 heavy (non-hydrogen) atoms. The summed E-state index contributed by atoms with van der Waals surface area (Å²) < 4.78 is 38.0. The molecule has 2 rings (SSSR count). The van der Waals surface area contributed by atoms with Gasteiger partial charge in [-0.1, -0.05) is 13.0 Å². The van der Waals surface area contributed by atoms with Crippen molar-refractivity contribution in [2.75, 3.05) is 0 Å². The van der Waals surface area contributed by atoms with Crippen molar-refractivity contribution >= 4 is 23.7 Å². The number of halogens is 2. The maximum absolute atomic E-state index is 13.7. The standard InChI is InChI=1S/C25H30F2O4S/c1-15-13-19(27)9-12-21(15)23(32-20-10-7-18(26)8-11-20)17(3)30-24(29)16(2)14-22(28)31-25(4,5)6/h7-13,16-17,23H,14H2,1-6H3/t16-,17+,23+/m1/s1. The predicted molar refractivity (Wildman–Crippen MR) is 121 cm³/mol. The van der Waals surface area contributed by atoms with E-state index in [2.05, 4.69) is 0 Å². The summed E-state index contributed by atoms with van der Waals surface area (Å²) in [5.41, 5.74) is 0.889. The number of thioether (sulfide) groups is 1. The minimum Gasteiger partial charge on any atom is -0.461 e. The molecule has 0 spiro atoms. The second-order valence-corrected chi connectivity index (χ2v) is 10.0. The maximum atomic E-state index is 13.7. The van der Waals surface area contributed by atoms with E-state index in [1.807, 2.05) is 0 Å². The maximum Gasteiger partial charge on any atom is 0.309 e.